The molecule has 332 valence electrons. The summed E-state index contributed by atoms with van der Waals surface area (Å²) in [6.45, 7) is 26.2. The second-order valence-corrected chi connectivity index (χ2v) is 20.3. The number of aromatic nitrogens is 2. The Morgan fingerprint density at radius 2 is 1.35 bits per heavy atom. The average molecular weight is 1040 g/mol. The van der Waals surface area contributed by atoms with E-state index in [1.807, 2.05) is 50.4 Å². The van der Waals surface area contributed by atoms with Gasteiger partial charge in [-0.15, -0.1) is 48.1 Å². The quantitative estimate of drug-likeness (QED) is 0.149. The van der Waals surface area contributed by atoms with Crippen molar-refractivity contribution in [2.75, 3.05) is 9.80 Å². The predicted molar refractivity (Wildman–Crippen MR) is 265 cm³/mol. The van der Waals surface area contributed by atoms with Crippen molar-refractivity contribution in [1.29, 1.82) is 5.26 Å². The zero-order chi connectivity index (χ0) is 46.2. The second kappa shape index (κ2) is 17.0. The van der Waals surface area contributed by atoms with E-state index in [2.05, 4.69) is 186 Å². The van der Waals surface area contributed by atoms with Gasteiger partial charge in [-0.3, -0.25) is 0 Å². The second-order valence-electron chi connectivity index (χ2n) is 20.3. The third-order valence-electron chi connectivity index (χ3n) is 12.3. The maximum atomic E-state index is 9.85. The van der Waals surface area contributed by atoms with Crippen LogP contribution in [0.5, 0.6) is 11.5 Å². The van der Waals surface area contributed by atoms with E-state index in [0.29, 0.717) is 17.1 Å². The van der Waals surface area contributed by atoms with Crippen molar-refractivity contribution in [1.82, 2.24) is 9.55 Å². The van der Waals surface area contributed by atoms with Crippen LogP contribution in [0.15, 0.2) is 128 Å². The Balaban J connectivity index is 0.00000592. The molecule has 0 N–H and O–H groups in total. The van der Waals surface area contributed by atoms with Crippen molar-refractivity contribution in [2.24, 2.45) is 0 Å². The van der Waals surface area contributed by atoms with E-state index >= 15 is 0 Å². The number of hydrogen-bond acceptors (Lipinski definition) is 5. The number of rotatable bonds is 7. The molecule has 0 saturated carbocycles. The van der Waals surface area contributed by atoms with Gasteiger partial charge in [0.15, 0.2) is 0 Å². The number of fused-ring (bicyclic) bond motifs is 4. The van der Waals surface area contributed by atoms with Crippen LogP contribution in [-0.2, 0) is 37.3 Å². The molecule has 6 nitrogen and oxygen atoms in total. The van der Waals surface area contributed by atoms with Crippen LogP contribution in [0.1, 0.15) is 111 Å². The topological polar surface area (TPSA) is 57.3 Å². The number of para-hydroxylation sites is 2. The summed E-state index contributed by atoms with van der Waals surface area (Å²) in [5, 5.41) is 11.8. The molecule has 0 aliphatic carbocycles. The maximum Gasteiger partial charge on any atom is 0.135 e. The van der Waals surface area contributed by atoms with Crippen LogP contribution in [0.3, 0.4) is 0 Å². The molecule has 1 aliphatic rings. The first-order valence-electron chi connectivity index (χ1n) is 22.6. The molecular formula is C58H56N5OPt-3. The summed E-state index contributed by atoms with van der Waals surface area (Å²) in [5.41, 5.74) is 12.7. The van der Waals surface area contributed by atoms with Gasteiger partial charge in [0.25, 0.3) is 0 Å². The number of hydrogen-bond donors (Lipinski definition) is 0. The maximum absolute atomic E-state index is 9.85. The van der Waals surface area contributed by atoms with Gasteiger partial charge in [-0.05, 0) is 116 Å². The van der Waals surface area contributed by atoms with Crippen LogP contribution in [-0.4, -0.2) is 9.55 Å². The van der Waals surface area contributed by atoms with Crippen LogP contribution >= 0.6 is 0 Å². The Bertz CT molecular complexity index is 3160. The molecule has 2 aromatic heterocycles. The number of anilines is 4. The normalized spacial score (nSPS) is 13.4. The average Bonchev–Trinajstić information content (AvgIpc) is 3.81. The molecule has 3 heterocycles. The van der Waals surface area contributed by atoms with Crippen LogP contribution in [0.4, 0.5) is 22.7 Å². The third-order valence-corrected chi connectivity index (χ3v) is 12.3. The van der Waals surface area contributed by atoms with E-state index < -0.39 is 5.89 Å². The minimum atomic E-state index is -0.873. The van der Waals surface area contributed by atoms with Crippen molar-refractivity contribution in [2.45, 2.75) is 98.3 Å². The summed E-state index contributed by atoms with van der Waals surface area (Å²) < 4.78 is 17.8. The molecule has 0 bridgehead atoms. The molecule has 7 heteroatoms. The molecule has 9 rings (SSSR count). The van der Waals surface area contributed by atoms with Crippen LogP contribution in [0.2, 0.25) is 0 Å². The van der Waals surface area contributed by atoms with Crippen LogP contribution in [0, 0.1) is 30.1 Å². The van der Waals surface area contributed by atoms with Gasteiger partial charge in [0.1, 0.15) is 5.82 Å². The van der Waals surface area contributed by atoms with E-state index in [-0.39, 0.29) is 37.3 Å². The summed E-state index contributed by atoms with van der Waals surface area (Å²) in [4.78, 5) is 9.38. The molecular weight excluding hydrogens is 978 g/mol. The third kappa shape index (κ3) is 8.72. The number of pyridine rings is 1. The molecule has 0 unspecified atom stereocenters. The molecule has 0 atom stereocenters. The van der Waals surface area contributed by atoms with E-state index in [1.165, 1.54) is 16.7 Å². The standard InChI is InChI=1S/C58H56N5O.Pt/c1-37(2)47-22-19-38(35-59)27-49(47)39-20-24-51-50(28-39)48-23-21-46(34-54(48)63(51)55-32-40(25-26-60-55)56(3,4)5)64-45-16-14-15-43(33-45)61-36-62(53-18-13-12-17-52(53)61)44-30-41(57(6,7)8)29-42(31-44)58(9,10)11;/h12-32,36-37H,1-11H3;/q-3;/i37D;. The molecule has 1 aliphatic heterocycles. The summed E-state index contributed by atoms with van der Waals surface area (Å²) in [6.07, 6.45) is 1.87. The van der Waals surface area contributed by atoms with E-state index in [1.54, 1.807) is 6.07 Å². The first kappa shape index (κ1) is 44.1. The fourth-order valence-electron chi connectivity index (χ4n) is 8.57. The van der Waals surface area contributed by atoms with Crippen molar-refractivity contribution in [3.05, 3.63) is 174 Å². The van der Waals surface area contributed by atoms with Gasteiger partial charge in [-0.25, -0.2) is 4.98 Å². The summed E-state index contributed by atoms with van der Waals surface area (Å²) in [7, 11) is 0. The first-order valence-corrected chi connectivity index (χ1v) is 22.1. The Labute approximate surface area is 401 Å². The van der Waals surface area contributed by atoms with Crippen molar-refractivity contribution >= 4 is 44.6 Å². The minimum absolute atomic E-state index is 0. The van der Waals surface area contributed by atoms with Crippen molar-refractivity contribution in [3.8, 4) is 34.5 Å². The number of benzene rings is 6. The zero-order valence-corrected chi connectivity index (χ0v) is 41.4. The van der Waals surface area contributed by atoms with Gasteiger partial charge >= 0.3 is 0 Å². The Morgan fingerprint density at radius 3 is 2.02 bits per heavy atom. The Kier molecular flexibility index (Phi) is 11.5. The van der Waals surface area contributed by atoms with E-state index in [4.69, 9.17) is 11.1 Å². The fraction of sp³-hybridized carbons (Fsp3) is 0.259. The number of ether oxygens (including phenoxy) is 1. The van der Waals surface area contributed by atoms with Gasteiger partial charge in [-0.1, -0.05) is 118 Å². The summed E-state index contributed by atoms with van der Waals surface area (Å²) >= 11 is 0. The molecule has 0 fully saturated rings. The molecule has 0 amide bonds. The van der Waals surface area contributed by atoms with Crippen molar-refractivity contribution in [3.63, 3.8) is 0 Å². The largest absolute Gasteiger partial charge is 0.509 e. The van der Waals surface area contributed by atoms with Crippen molar-refractivity contribution < 1.29 is 27.2 Å². The fourth-order valence-corrected chi connectivity index (χ4v) is 8.57. The molecule has 8 aromatic rings. The Morgan fingerprint density at radius 1 is 0.677 bits per heavy atom. The van der Waals surface area contributed by atoms with Crippen LogP contribution < -0.4 is 14.5 Å². The predicted octanol–water partition coefficient (Wildman–Crippen LogP) is 15.5. The Hall–Kier alpha value is -6.15. The molecule has 0 radical (unpaired) electrons. The first-order chi connectivity index (χ1) is 30.7. The molecule has 0 spiro atoms. The summed E-state index contributed by atoms with van der Waals surface area (Å²) in [5.74, 6) is 1.01. The van der Waals surface area contributed by atoms with Gasteiger partial charge in [0.2, 0.25) is 0 Å². The van der Waals surface area contributed by atoms with Gasteiger partial charge in [-0.2, -0.15) is 17.4 Å². The van der Waals surface area contributed by atoms with Gasteiger partial charge < -0.3 is 19.1 Å². The number of nitrogens with zero attached hydrogens (tertiary/aromatic N) is 5. The SMILES string of the molecule is [2H]C(C)(C)c1ccc(C#N)cc1-c1ccc2c(c1)c1ccc(Oc3[c-]c(N4[CH-]N(c5cc(C(C)(C)C)cc(C(C)(C)C)c5)c5ccccc54)ccc3)[c-]c1n2-c1cc(C(C)(C)C)ccn1.[Pt]. The molecule has 6 aromatic carbocycles. The van der Waals surface area contributed by atoms with Gasteiger partial charge in [0, 0.05) is 62.7 Å². The monoisotopic (exact) mass is 1030 g/mol. The molecule has 65 heavy (non-hydrogen) atoms. The number of nitriles is 1. The van der Waals surface area contributed by atoms with Crippen LogP contribution in [0.25, 0.3) is 38.8 Å². The molecule has 0 saturated heterocycles. The van der Waals surface area contributed by atoms with E-state index in [9.17, 15) is 5.26 Å². The smallest absolute Gasteiger partial charge is 0.135 e. The summed E-state index contributed by atoms with van der Waals surface area (Å²) in [6, 6.07) is 51.2. The van der Waals surface area contributed by atoms with E-state index in [0.717, 1.165) is 67.1 Å². The zero-order valence-electron chi connectivity index (χ0n) is 40.2. The minimum Gasteiger partial charge on any atom is -0.509 e. The van der Waals surface area contributed by atoms with Gasteiger partial charge in [0.05, 0.1) is 11.6 Å².